The van der Waals surface area contributed by atoms with Crippen molar-refractivity contribution in [2.24, 2.45) is 0 Å². The standard InChI is InChI=1S/C24H24N4O2S/c29-23(20-7-4-12-28(20)24(30)17-5-2-1-3-6-17)26-19-8-9-22(25-15-19)27-13-10-21-18(16-27)11-14-31-21/h1-3,5-6,8-9,11,14-15,20H,4,7,10,12-13,16H2,(H,26,29)/t20-/m0/s1. The van der Waals surface area contributed by atoms with Gasteiger partial charge in [0.05, 0.1) is 11.9 Å². The molecule has 1 fully saturated rings. The van der Waals surface area contributed by atoms with E-state index in [-0.39, 0.29) is 11.8 Å². The largest absolute Gasteiger partial charge is 0.352 e. The molecule has 1 atom stereocenters. The van der Waals surface area contributed by atoms with Gasteiger partial charge >= 0.3 is 0 Å². The molecule has 158 valence electrons. The van der Waals surface area contributed by atoms with E-state index in [0.29, 0.717) is 24.2 Å². The van der Waals surface area contributed by atoms with E-state index in [1.165, 1.54) is 10.4 Å². The number of nitrogens with zero attached hydrogens (tertiary/aromatic N) is 3. The third kappa shape index (κ3) is 4.05. The average molecular weight is 433 g/mol. The third-order valence-electron chi connectivity index (χ3n) is 5.98. The molecule has 2 aromatic heterocycles. The predicted molar refractivity (Wildman–Crippen MR) is 122 cm³/mol. The molecular formula is C24H24N4O2S. The van der Waals surface area contributed by atoms with Gasteiger partial charge in [-0.2, -0.15) is 0 Å². The SMILES string of the molecule is O=C(Nc1ccc(N2CCc3sccc3C2)nc1)[C@@H]1CCCN1C(=O)c1ccccc1. The van der Waals surface area contributed by atoms with Crippen molar-refractivity contribution in [1.82, 2.24) is 9.88 Å². The van der Waals surface area contributed by atoms with Gasteiger partial charge in [0, 0.05) is 30.1 Å². The van der Waals surface area contributed by atoms with Crippen LogP contribution in [0.4, 0.5) is 11.5 Å². The minimum absolute atomic E-state index is 0.0929. The van der Waals surface area contributed by atoms with Gasteiger partial charge in [0.2, 0.25) is 5.91 Å². The van der Waals surface area contributed by atoms with Crippen LogP contribution in [0.2, 0.25) is 0 Å². The predicted octanol–water partition coefficient (Wildman–Crippen LogP) is 3.95. The van der Waals surface area contributed by atoms with Gasteiger partial charge in [-0.15, -0.1) is 11.3 Å². The van der Waals surface area contributed by atoms with Gasteiger partial charge in [0.1, 0.15) is 11.9 Å². The number of anilines is 2. The van der Waals surface area contributed by atoms with E-state index in [1.807, 2.05) is 41.7 Å². The normalized spacial score (nSPS) is 18.0. The van der Waals surface area contributed by atoms with Crippen molar-refractivity contribution in [3.05, 3.63) is 76.1 Å². The second-order valence-corrected chi connectivity index (χ2v) is 8.96. The number of hydrogen-bond donors (Lipinski definition) is 1. The fourth-order valence-electron chi connectivity index (χ4n) is 4.35. The molecule has 0 aliphatic carbocycles. The molecule has 0 saturated carbocycles. The number of fused-ring (bicyclic) bond motifs is 1. The summed E-state index contributed by atoms with van der Waals surface area (Å²) in [4.78, 5) is 35.7. The highest BCUT2D eigenvalue weighted by atomic mass is 32.1. The molecule has 1 N–H and O–H groups in total. The lowest BCUT2D eigenvalue weighted by atomic mass is 10.1. The molecule has 5 rings (SSSR count). The molecule has 1 saturated heterocycles. The molecule has 0 unspecified atom stereocenters. The zero-order chi connectivity index (χ0) is 21.2. The fourth-order valence-corrected chi connectivity index (χ4v) is 5.24. The summed E-state index contributed by atoms with van der Waals surface area (Å²) in [5.74, 6) is 0.665. The van der Waals surface area contributed by atoms with E-state index in [2.05, 4.69) is 26.6 Å². The molecule has 7 heteroatoms. The van der Waals surface area contributed by atoms with Crippen LogP contribution < -0.4 is 10.2 Å². The van der Waals surface area contributed by atoms with Crippen molar-refractivity contribution in [2.45, 2.75) is 31.8 Å². The highest BCUT2D eigenvalue weighted by Gasteiger charge is 2.34. The molecule has 0 radical (unpaired) electrons. The highest BCUT2D eigenvalue weighted by Crippen LogP contribution is 2.27. The van der Waals surface area contributed by atoms with E-state index in [1.54, 1.807) is 23.2 Å². The van der Waals surface area contributed by atoms with Crippen molar-refractivity contribution < 1.29 is 9.59 Å². The lowest BCUT2D eigenvalue weighted by Crippen LogP contribution is -2.43. The Morgan fingerprint density at radius 2 is 1.94 bits per heavy atom. The zero-order valence-electron chi connectivity index (χ0n) is 17.2. The number of benzene rings is 1. The van der Waals surface area contributed by atoms with Crippen LogP contribution in [0.25, 0.3) is 0 Å². The summed E-state index contributed by atoms with van der Waals surface area (Å²) in [6.07, 6.45) is 4.24. The van der Waals surface area contributed by atoms with Crippen molar-refractivity contribution in [3.8, 4) is 0 Å². The van der Waals surface area contributed by atoms with Crippen molar-refractivity contribution in [1.29, 1.82) is 0 Å². The van der Waals surface area contributed by atoms with Crippen molar-refractivity contribution in [2.75, 3.05) is 23.3 Å². The second-order valence-electron chi connectivity index (χ2n) is 7.96. The number of likely N-dealkylation sites (tertiary alicyclic amines) is 1. The smallest absolute Gasteiger partial charge is 0.254 e. The maximum atomic E-state index is 12.9. The number of nitrogens with one attached hydrogen (secondary N) is 1. The Balaban J connectivity index is 1.24. The third-order valence-corrected chi connectivity index (χ3v) is 7.01. The Kier molecular flexibility index (Phi) is 5.42. The van der Waals surface area contributed by atoms with Gasteiger partial charge in [-0.1, -0.05) is 18.2 Å². The summed E-state index contributed by atoms with van der Waals surface area (Å²) in [6.45, 7) is 2.42. The molecule has 2 aliphatic heterocycles. The molecule has 2 aliphatic rings. The van der Waals surface area contributed by atoms with E-state index < -0.39 is 6.04 Å². The molecule has 1 aromatic carbocycles. The summed E-state index contributed by atoms with van der Waals surface area (Å²) in [5, 5.41) is 5.10. The van der Waals surface area contributed by atoms with E-state index in [9.17, 15) is 9.59 Å². The summed E-state index contributed by atoms with van der Waals surface area (Å²) < 4.78 is 0. The molecule has 2 amide bonds. The van der Waals surface area contributed by atoms with Gasteiger partial charge in [0.15, 0.2) is 0 Å². The Bertz CT molecular complexity index is 1080. The first-order chi connectivity index (χ1) is 15.2. The van der Waals surface area contributed by atoms with Crippen LogP contribution in [0.15, 0.2) is 60.1 Å². The van der Waals surface area contributed by atoms with Gasteiger partial charge in [-0.05, 0) is 60.5 Å². The van der Waals surface area contributed by atoms with Crippen molar-refractivity contribution >= 4 is 34.7 Å². The number of carbonyl (C=O) groups excluding carboxylic acids is 2. The van der Waals surface area contributed by atoms with E-state index in [0.717, 1.165) is 31.7 Å². The van der Waals surface area contributed by atoms with Crippen LogP contribution in [-0.4, -0.2) is 40.8 Å². The number of hydrogen-bond acceptors (Lipinski definition) is 5. The number of amides is 2. The summed E-state index contributed by atoms with van der Waals surface area (Å²) in [5.41, 5.74) is 2.64. The molecule has 4 heterocycles. The quantitative estimate of drug-likeness (QED) is 0.678. The fraction of sp³-hybridized carbons (Fsp3) is 0.292. The zero-order valence-corrected chi connectivity index (χ0v) is 18.0. The summed E-state index contributed by atoms with van der Waals surface area (Å²) in [7, 11) is 0. The minimum Gasteiger partial charge on any atom is -0.352 e. The first kappa shape index (κ1) is 19.8. The Hall–Kier alpha value is -3.19. The number of thiophene rings is 1. The lowest BCUT2D eigenvalue weighted by Gasteiger charge is -2.28. The van der Waals surface area contributed by atoms with Crippen LogP contribution in [0.1, 0.15) is 33.6 Å². The maximum absolute atomic E-state index is 12.9. The maximum Gasteiger partial charge on any atom is 0.254 e. The van der Waals surface area contributed by atoms with Crippen LogP contribution >= 0.6 is 11.3 Å². The topological polar surface area (TPSA) is 65.5 Å². The number of pyridine rings is 1. The van der Waals surface area contributed by atoms with Crippen LogP contribution in [0, 0.1) is 0 Å². The molecule has 31 heavy (non-hydrogen) atoms. The Morgan fingerprint density at radius 3 is 2.74 bits per heavy atom. The highest BCUT2D eigenvalue weighted by molar-refractivity contribution is 7.10. The van der Waals surface area contributed by atoms with Crippen molar-refractivity contribution in [3.63, 3.8) is 0 Å². The number of rotatable bonds is 4. The molecule has 6 nitrogen and oxygen atoms in total. The molecule has 0 bridgehead atoms. The van der Waals surface area contributed by atoms with Gasteiger partial charge in [-0.3, -0.25) is 9.59 Å². The second kappa shape index (κ2) is 8.51. The first-order valence-corrected chi connectivity index (χ1v) is 11.5. The summed E-state index contributed by atoms with van der Waals surface area (Å²) >= 11 is 1.82. The molecular weight excluding hydrogens is 408 g/mol. The lowest BCUT2D eigenvalue weighted by molar-refractivity contribution is -0.119. The van der Waals surface area contributed by atoms with E-state index >= 15 is 0 Å². The first-order valence-electron chi connectivity index (χ1n) is 10.6. The Morgan fingerprint density at radius 1 is 1.06 bits per heavy atom. The van der Waals surface area contributed by atoms with E-state index in [4.69, 9.17) is 0 Å². The minimum atomic E-state index is -0.452. The van der Waals surface area contributed by atoms with Crippen LogP contribution in [-0.2, 0) is 17.8 Å². The Labute approximate surface area is 185 Å². The number of aromatic nitrogens is 1. The number of carbonyl (C=O) groups is 2. The monoisotopic (exact) mass is 432 g/mol. The molecule has 3 aromatic rings. The van der Waals surface area contributed by atoms with Crippen LogP contribution in [0.5, 0.6) is 0 Å². The summed E-state index contributed by atoms with van der Waals surface area (Å²) in [6, 6.07) is 14.7. The van der Waals surface area contributed by atoms with Crippen LogP contribution in [0.3, 0.4) is 0 Å². The van der Waals surface area contributed by atoms with Gasteiger partial charge < -0.3 is 15.1 Å². The van der Waals surface area contributed by atoms with Gasteiger partial charge in [-0.25, -0.2) is 4.98 Å². The average Bonchev–Trinajstić information content (AvgIpc) is 3.49. The molecule has 0 spiro atoms. The van der Waals surface area contributed by atoms with Gasteiger partial charge in [0.25, 0.3) is 5.91 Å².